The van der Waals surface area contributed by atoms with Crippen LogP contribution in [0.1, 0.15) is 34.5 Å². The summed E-state index contributed by atoms with van der Waals surface area (Å²) in [4.78, 5) is 0. The Labute approximate surface area is 175 Å². The van der Waals surface area contributed by atoms with Crippen LogP contribution in [0.4, 0.5) is 4.39 Å². The van der Waals surface area contributed by atoms with E-state index in [1.165, 1.54) is 5.56 Å². The topological polar surface area (TPSA) is 53.9 Å². The molecule has 3 aromatic carbocycles. The molecule has 1 heterocycles. The summed E-state index contributed by atoms with van der Waals surface area (Å²) >= 11 is 0. The first-order valence-corrected chi connectivity index (χ1v) is 10.1. The number of hydrogen-bond acceptors (Lipinski definition) is 2. The summed E-state index contributed by atoms with van der Waals surface area (Å²) < 4.78 is 19.0. The van der Waals surface area contributed by atoms with Gasteiger partial charge in [0, 0.05) is 0 Å². The number of rotatable bonds is 6. The van der Waals surface area contributed by atoms with Gasteiger partial charge in [0.1, 0.15) is 6.17 Å². The number of imidazole rings is 1. The van der Waals surface area contributed by atoms with Gasteiger partial charge in [-0.25, -0.2) is 4.39 Å². The number of aliphatic hydroxyl groups is 1. The number of nitrogens with zero attached hydrogens (tertiary/aromatic N) is 2. The molecule has 4 aromatic rings. The van der Waals surface area contributed by atoms with E-state index in [2.05, 4.69) is 0 Å². The Kier molecular flexibility index (Phi) is 5.55. The van der Waals surface area contributed by atoms with E-state index < -0.39 is 18.8 Å². The van der Waals surface area contributed by atoms with Crippen molar-refractivity contribution in [1.82, 2.24) is 9.13 Å². The summed E-state index contributed by atoms with van der Waals surface area (Å²) in [6, 6.07) is 22.1. The van der Waals surface area contributed by atoms with E-state index in [9.17, 15) is 5.11 Å². The fourth-order valence-corrected chi connectivity index (χ4v) is 3.90. The second-order valence-electron chi connectivity index (χ2n) is 7.82. The molecule has 0 aliphatic heterocycles. The number of alkyl halides is 1. The van der Waals surface area contributed by atoms with Crippen LogP contribution in [0.15, 0.2) is 72.8 Å². The number of benzene rings is 3. The molecular weight excluding hydrogens is 377 g/mol. The van der Waals surface area contributed by atoms with Crippen LogP contribution in [-0.2, 0) is 6.54 Å². The molecule has 1 aromatic heterocycles. The first kappa shape index (κ1) is 20.1. The van der Waals surface area contributed by atoms with Gasteiger partial charge in [0.25, 0.3) is 0 Å². The number of aromatic nitrogens is 2. The van der Waals surface area contributed by atoms with Gasteiger partial charge in [-0.1, -0.05) is 71.8 Å². The molecule has 4 rings (SSSR count). The maximum atomic E-state index is 15.5. The van der Waals surface area contributed by atoms with E-state index in [4.69, 9.17) is 5.41 Å². The zero-order valence-electron chi connectivity index (χ0n) is 17.2. The largest absolute Gasteiger partial charge is 0.394 e. The normalized spacial score (nSPS) is 13.5. The van der Waals surface area contributed by atoms with E-state index in [-0.39, 0.29) is 5.62 Å². The molecule has 0 saturated carbocycles. The van der Waals surface area contributed by atoms with E-state index in [0.29, 0.717) is 12.1 Å². The van der Waals surface area contributed by atoms with Gasteiger partial charge in [-0.2, -0.15) is 0 Å². The smallest absolute Gasteiger partial charge is 0.203 e. The Morgan fingerprint density at radius 2 is 1.43 bits per heavy atom. The molecule has 30 heavy (non-hydrogen) atoms. The van der Waals surface area contributed by atoms with Crippen molar-refractivity contribution < 1.29 is 9.50 Å². The van der Waals surface area contributed by atoms with Crippen LogP contribution >= 0.6 is 0 Å². The second kappa shape index (κ2) is 8.28. The van der Waals surface area contributed by atoms with Crippen LogP contribution < -0.4 is 5.62 Å². The van der Waals surface area contributed by atoms with Crippen molar-refractivity contribution in [2.75, 3.05) is 6.61 Å². The molecule has 0 aliphatic carbocycles. The SMILES string of the molecule is Cc1ccc(Cn2c(=N)n([C@H](CO)[C@@H](F)c3ccc(C)cc3)c3ccccc32)cc1. The highest BCUT2D eigenvalue weighted by atomic mass is 19.1. The van der Waals surface area contributed by atoms with Gasteiger partial charge >= 0.3 is 0 Å². The van der Waals surface area contributed by atoms with Gasteiger partial charge in [0.05, 0.1) is 30.2 Å². The summed E-state index contributed by atoms with van der Waals surface area (Å²) in [5, 5.41) is 19.0. The molecule has 0 amide bonds. The second-order valence-corrected chi connectivity index (χ2v) is 7.82. The van der Waals surface area contributed by atoms with Crippen molar-refractivity contribution in [3.05, 3.63) is 101 Å². The third kappa shape index (κ3) is 3.68. The lowest BCUT2D eigenvalue weighted by Crippen LogP contribution is -2.32. The number of nitrogens with one attached hydrogen (secondary N) is 1. The first-order valence-electron chi connectivity index (χ1n) is 10.1. The molecular formula is C25H26FN3O. The van der Waals surface area contributed by atoms with Crippen molar-refractivity contribution in [2.45, 2.75) is 32.6 Å². The molecule has 154 valence electrons. The van der Waals surface area contributed by atoms with Gasteiger partial charge in [-0.3, -0.25) is 5.41 Å². The standard InChI is InChI=1S/C25H26FN3O/c1-17-7-11-19(12-8-17)15-28-21-5-3-4-6-22(21)29(25(28)27)23(16-30)24(26)20-13-9-18(2)10-14-20/h3-14,23-24,27,30H,15-16H2,1-2H3/t23-,24+/m1/s1. The summed E-state index contributed by atoms with van der Waals surface area (Å²) in [7, 11) is 0. The molecule has 0 unspecified atom stereocenters. The highest BCUT2D eigenvalue weighted by Crippen LogP contribution is 2.32. The van der Waals surface area contributed by atoms with Crippen LogP contribution in [0.25, 0.3) is 11.0 Å². The molecule has 4 nitrogen and oxygen atoms in total. The lowest BCUT2D eigenvalue weighted by Gasteiger charge is -2.22. The molecule has 0 spiro atoms. The lowest BCUT2D eigenvalue weighted by molar-refractivity contribution is 0.143. The molecule has 2 atom stereocenters. The predicted molar refractivity (Wildman–Crippen MR) is 117 cm³/mol. The molecule has 0 aliphatic rings. The Balaban J connectivity index is 1.81. The minimum Gasteiger partial charge on any atom is -0.394 e. The third-order valence-corrected chi connectivity index (χ3v) is 5.63. The van der Waals surface area contributed by atoms with E-state index in [1.807, 2.05) is 79.1 Å². The van der Waals surface area contributed by atoms with Crippen molar-refractivity contribution in [3.8, 4) is 0 Å². The summed E-state index contributed by atoms with van der Waals surface area (Å²) in [6.45, 7) is 4.10. The minimum absolute atomic E-state index is 0.172. The quantitative estimate of drug-likeness (QED) is 0.476. The summed E-state index contributed by atoms with van der Waals surface area (Å²) in [5.41, 5.74) is 5.55. The van der Waals surface area contributed by atoms with E-state index in [0.717, 1.165) is 22.2 Å². The van der Waals surface area contributed by atoms with Gasteiger partial charge < -0.3 is 14.2 Å². The summed E-state index contributed by atoms with van der Waals surface area (Å²) in [5.74, 6) is 0. The van der Waals surface area contributed by atoms with Crippen molar-refractivity contribution in [1.29, 1.82) is 5.41 Å². The van der Waals surface area contributed by atoms with Crippen molar-refractivity contribution in [2.24, 2.45) is 0 Å². The van der Waals surface area contributed by atoms with E-state index in [1.54, 1.807) is 16.7 Å². The van der Waals surface area contributed by atoms with Crippen LogP contribution in [0.5, 0.6) is 0 Å². The van der Waals surface area contributed by atoms with Crippen LogP contribution in [-0.4, -0.2) is 20.8 Å². The molecule has 0 fully saturated rings. The van der Waals surface area contributed by atoms with E-state index >= 15 is 4.39 Å². The predicted octanol–water partition coefficient (Wildman–Crippen LogP) is 4.83. The molecule has 5 heteroatoms. The zero-order chi connectivity index (χ0) is 21.3. The van der Waals surface area contributed by atoms with Crippen molar-refractivity contribution in [3.63, 3.8) is 0 Å². The molecule has 2 N–H and O–H groups in total. The van der Waals surface area contributed by atoms with Gasteiger partial charge in [-0.05, 0) is 37.1 Å². The Morgan fingerprint density at radius 1 is 0.867 bits per heavy atom. The molecule has 0 radical (unpaired) electrons. The van der Waals surface area contributed by atoms with Gasteiger partial charge in [0.15, 0.2) is 0 Å². The Hall–Kier alpha value is -3.18. The molecule has 0 bridgehead atoms. The van der Waals surface area contributed by atoms with Crippen LogP contribution in [0.3, 0.4) is 0 Å². The highest BCUT2D eigenvalue weighted by molar-refractivity contribution is 5.76. The zero-order valence-corrected chi connectivity index (χ0v) is 17.2. The average Bonchev–Trinajstić information content (AvgIpc) is 3.03. The maximum absolute atomic E-state index is 15.5. The monoisotopic (exact) mass is 403 g/mol. The number of para-hydroxylation sites is 2. The third-order valence-electron chi connectivity index (χ3n) is 5.63. The number of halogens is 1. The number of hydrogen-bond donors (Lipinski definition) is 2. The number of fused-ring (bicyclic) bond motifs is 1. The van der Waals surface area contributed by atoms with Gasteiger partial charge in [-0.15, -0.1) is 0 Å². The fourth-order valence-electron chi connectivity index (χ4n) is 3.90. The summed E-state index contributed by atoms with van der Waals surface area (Å²) in [6.07, 6.45) is -1.43. The van der Waals surface area contributed by atoms with Gasteiger partial charge in [0.2, 0.25) is 5.62 Å². The number of aryl methyl sites for hydroxylation is 2. The first-order chi connectivity index (χ1) is 14.5. The highest BCUT2D eigenvalue weighted by Gasteiger charge is 2.27. The molecule has 0 saturated heterocycles. The van der Waals surface area contributed by atoms with Crippen LogP contribution in [0, 0.1) is 19.3 Å². The Morgan fingerprint density at radius 3 is 2.03 bits per heavy atom. The van der Waals surface area contributed by atoms with Crippen LogP contribution in [0.2, 0.25) is 0 Å². The minimum atomic E-state index is -1.43. The number of aliphatic hydroxyl groups excluding tert-OH is 1. The van der Waals surface area contributed by atoms with Crippen molar-refractivity contribution >= 4 is 11.0 Å². The lowest BCUT2D eigenvalue weighted by atomic mass is 10.0. The maximum Gasteiger partial charge on any atom is 0.203 e. The fraction of sp³-hybridized carbons (Fsp3) is 0.240. The average molecular weight is 404 g/mol. The Bertz CT molecular complexity index is 1210.